The second-order valence-electron chi connectivity index (χ2n) is 15.5. The van der Waals surface area contributed by atoms with Crippen LogP contribution in [0.4, 0.5) is 0 Å². The number of nitrogens with one attached hydrogen (secondary N) is 1. The van der Waals surface area contributed by atoms with Gasteiger partial charge in [-0.3, -0.25) is 19.6 Å². The van der Waals surface area contributed by atoms with Crippen LogP contribution in [0.25, 0.3) is 0 Å². The van der Waals surface area contributed by atoms with Gasteiger partial charge in [-0.15, -0.1) is 0 Å². The Hall–Kier alpha value is -2.04. The molecule has 1 saturated carbocycles. The number of esters is 2. The molecule has 4 aliphatic carbocycles. The standard InChI is InChI=1S/C36H57NO8/c1-20(2)21(3)12-13-22(4)25-15-16-26-24-14-17-28-34(6,7)32(41)27(45-29(39)11-10-18-43-37-42)19-35(28,8)30(24)31(40)33(36(25,26)9)44-23(5)38/h16,20,22,25,27-28,31-33,37,40-42H,3,10-15,17-19H2,1-2,4-9H3/t22?,25?,27?,28?,31?,32?,33?,35-,36+/m0/s1. The molecule has 9 heteroatoms. The van der Waals surface area contributed by atoms with E-state index in [0.717, 1.165) is 43.3 Å². The first-order valence-electron chi connectivity index (χ1n) is 16.9. The van der Waals surface area contributed by atoms with E-state index in [1.165, 1.54) is 18.1 Å². The van der Waals surface area contributed by atoms with E-state index in [0.29, 0.717) is 24.7 Å². The summed E-state index contributed by atoms with van der Waals surface area (Å²) in [5.74, 6) is 0.0817. The molecule has 0 aromatic rings. The molecule has 7 unspecified atom stereocenters. The van der Waals surface area contributed by atoms with E-state index in [1.807, 2.05) is 13.8 Å². The van der Waals surface area contributed by atoms with Gasteiger partial charge in [0.15, 0.2) is 0 Å². The van der Waals surface area contributed by atoms with Crippen LogP contribution in [0.2, 0.25) is 0 Å². The van der Waals surface area contributed by atoms with E-state index in [1.54, 1.807) is 5.64 Å². The molecule has 4 aliphatic rings. The second-order valence-corrected chi connectivity index (χ2v) is 15.5. The normalized spacial score (nSPS) is 36.0. The average Bonchev–Trinajstić information content (AvgIpc) is 3.32. The highest BCUT2D eigenvalue weighted by Gasteiger charge is 2.65. The molecule has 0 aliphatic heterocycles. The minimum atomic E-state index is -1.03. The smallest absolute Gasteiger partial charge is 0.306 e. The highest BCUT2D eigenvalue weighted by molar-refractivity contribution is 5.69. The molecule has 0 bridgehead atoms. The third-order valence-corrected chi connectivity index (χ3v) is 12.1. The molecule has 4 N–H and O–H groups in total. The van der Waals surface area contributed by atoms with E-state index in [-0.39, 0.29) is 24.9 Å². The first-order valence-corrected chi connectivity index (χ1v) is 16.9. The van der Waals surface area contributed by atoms with Gasteiger partial charge in [-0.05, 0) is 96.2 Å². The molecule has 9 atom stereocenters. The molecule has 0 aromatic heterocycles. The van der Waals surface area contributed by atoms with Crippen LogP contribution < -0.4 is 5.64 Å². The number of fused-ring (bicyclic) bond motifs is 4. The van der Waals surface area contributed by atoms with Gasteiger partial charge in [-0.1, -0.05) is 72.3 Å². The number of hydrogen-bond donors (Lipinski definition) is 4. The van der Waals surface area contributed by atoms with Gasteiger partial charge >= 0.3 is 11.9 Å². The maximum absolute atomic E-state index is 12.8. The second kappa shape index (κ2) is 13.6. The Morgan fingerprint density at radius 2 is 1.80 bits per heavy atom. The van der Waals surface area contributed by atoms with Gasteiger partial charge in [0.1, 0.15) is 18.3 Å². The van der Waals surface area contributed by atoms with E-state index < -0.39 is 52.6 Å². The number of carbonyl (C=O) groups is 2. The highest BCUT2D eigenvalue weighted by atomic mass is 16.8. The monoisotopic (exact) mass is 631 g/mol. The number of aliphatic hydroxyl groups is 2. The van der Waals surface area contributed by atoms with Crippen LogP contribution in [0.3, 0.4) is 0 Å². The Labute approximate surface area is 269 Å². The minimum absolute atomic E-state index is 0.00786. The van der Waals surface area contributed by atoms with Gasteiger partial charge < -0.3 is 19.7 Å². The molecular weight excluding hydrogens is 574 g/mol. The summed E-state index contributed by atoms with van der Waals surface area (Å²) in [6.45, 7) is 20.8. The van der Waals surface area contributed by atoms with Crippen molar-refractivity contribution in [3.63, 3.8) is 0 Å². The van der Waals surface area contributed by atoms with Crippen molar-refractivity contribution < 1.29 is 39.3 Å². The van der Waals surface area contributed by atoms with Crippen molar-refractivity contribution in [3.05, 3.63) is 34.9 Å². The average molecular weight is 632 g/mol. The van der Waals surface area contributed by atoms with Crippen molar-refractivity contribution in [1.29, 1.82) is 0 Å². The first-order chi connectivity index (χ1) is 21.0. The predicted molar refractivity (Wildman–Crippen MR) is 170 cm³/mol. The number of allylic oxidation sites excluding steroid dienone is 3. The van der Waals surface area contributed by atoms with E-state index in [4.69, 9.17) is 19.5 Å². The molecule has 9 nitrogen and oxygen atoms in total. The Kier molecular flexibility index (Phi) is 10.8. The lowest BCUT2D eigenvalue weighted by atomic mass is 9.45. The molecule has 0 radical (unpaired) electrons. The Morgan fingerprint density at radius 1 is 1.11 bits per heavy atom. The summed E-state index contributed by atoms with van der Waals surface area (Å²) in [5.41, 5.74) is 4.28. The number of rotatable bonds is 12. The molecule has 4 rings (SSSR count). The third-order valence-electron chi connectivity index (χ3n) is 12.1. The minimum Gasteiger partial charge on any atom is -0.460 e. The summed E-state index contributed by atoms with van der Waals surface area (Å²) < 4.78 is 12.0. The van der Waals surface area contributed by atoms with Crippen molar-refractivity contribution in [2.75, 3.05) is 6.61 Å². The molecule has 1 fully saturated rings. The van der Waals surface area contributed by atoms with Gasteiger partial charge in [0.05, 0.1) is 12.7 Å². The van der Waals surface area contributed by atoms with E-state index >= 15 is 0 Å². The lowest BCUT2D eigenvalue weighted by molar-refractivity contribution is -0.194. The molecule has 0 spiro atoms. The molecule has 0 heterocycles. The predicted octanol–water partition coefficient (Wildman–Crippen LogP) is 5.98. The van der Waals surface area contributed by atoms with E-state index in [2.05, 4.69) is 47.3 Å². The van der Waals surface area contributed by atoms with Crippen LogP contribution in [0.15, 0.2) is 34.9 Å². The van der Waals surface area contributed by atoms with E-state index in [9.17, 15) is 19.8 Å². The van der Waals surface area contributed by atoms with Gasteiger partial charge in [0.2, 0.25) is 0 Å². The lowest BCUT2D eigenvalue weighted by Crippen LogP contribution is -2.63. The van der Waals surface area contributed by atoms with Crippen molar-refractivity contribution in [1.82, 2.24) is 5.64 Å². The summed E-state index contributed by atoms with van der Waals surface area (Å²) in [4.78, 5) is 30.2. The van der Waals surface area contributed by atoms with Crippen LogP contribution in [0.5, 0.6) is 0 Å². The fraction of sp³-hybridized carbons (Fsp3) is 0.778. The quantitative estimate of drug-likeness (QED) is 0.0888. The van der Waals surface area contributed by atoms with Crippen molar-refractivity contribution in [3.8, 4) is 0 Å². The van der Waals surface area contributed by atoms with Crippen LogP contribution in [0.1, 0.15) is 107 Å². The third kappa shape index (κ3) is 6.45. The van der Waals surface area contributed by atoms with Gasteiger partial charge in [-0.2, -0.15) is 0 Å². The molecule has 0 saturated heterocycles. The summed E-state index contributed by atoms with van der Waals surface area (Å²) in [6.07, 6.45) is 4.03. The van der Waals surface area contributed by atoms with Gasteiger partial charge in [0.25, 0.3) is 0 Å². The number of ether oxygens (including phenoxy) is 2. The van der Waals surface area contributed by atoms with Crippen LogP contribution in [0, 0.1) is 39.9 Å². The summed E-state index contributed by atoms with van der Waals surface area (Å²) >= 11 is 0. The zero-order valence-electron chi connectivity index (χ0n) is 28.7. The Balaban J connectivity index is 1.71. The van der Waals surface area contributed by atoms with Gasteiger partial charge in [-0.25, -0.2) is 0 Å². The van der Waals surface area contributed by atoms with Crippen molar-refractivity contribution in [2.24, 2.45) is 39.9 Å². The number of hydrogen-bond acceptors (Lipinski definition) is 9. The summed E-state index contributed by atoms with van der Waals surface area (Å²) in [5, 5.41) is 32.5. The highest BCUT2D eigenvalue weighted by Crippen LogP contribution is 2.67. The fourth-order valence-corrected chi connectivity index (χ4v) is 9.69. The topological polar surface area (TPSA) is 135 Å². The maximum Gasteiger partial charge on any atom is 0.306 e. The molecular formula is C36H57NO8. The SMILES string of the molecule is C=C(CCC(C)C1CC=C2C3=C(C(O)C(OC(C)=O)[C@@]21C)[C@@]1(C)CC(OC(=O)CCCONO)C(O)C(C)(C)C1CC3)C(C)C. The largest absolute Gasteiger partial charge is 0.460 e. The zero-order chi connectivity index (χ0) is 33.5. The lowest BCUT2D eigenvalue weighted by Gasteiger charge is -2.62. The molecule has 0 amide bonds. The maximum atomic E-state index is 12.8. The zero-order valence-corrected chi connectivity index (χ0v) is 28.7. The first kappa shape index (κ1) is 35.8. The summed E-state index contributed by atoms with van der Waals surface area (Å²) in [7, 11) is 0. The Bertz CT molecular complexity index is 1210. The number of carbonyl (C=O) groups excluding carboxylic acids is 2. The van der Waals surface area contributed by atoms with Crippen LogP contribution >= 0.6 is 0 Å². The van der Waals surface area contributed by atoms with Gasteiger partial charge in [0, 0.05) is 18.8 Å². The fourth-order valence-electron chi connectivity index (χ4n) is 9.69. The Morgan fingerprint density at radius 3 is 2.42 bits per heavy atom. The van der Waals surface area contributed by atoms with Crippen molar-refractivity contribution in [2.45, 2.75) is 131 Å². The number of aliphatic hydroxyl groups excluding tert-OH is 2. The van der Waals surface area contributed by atoms with Crippen LogP contribution in [-0.2, 0) is 23.9 Å². The molecule has 254 valence electrons. The molecule has 45 heavy (non-hydrogen) atoms. The van der Waals surface area contributed by atoms with Crippen LogP contribution in [-0.4, -0.2) is 58.4 Å². The summed E-state index contributed by atoms with van der Waals surface area (Å²) in [6, 6.07) is 0. The molecule has 0 aromatic carbocycles. The van der Waals surface area contributed by atoms with Crippen molar-refractivity contribution >= 4 is 11.9 Å².